The van der Waals surface area contributed by atoms with Gasteiger partial charge in [-0.1, -0.05) is 29.8 Å². The third-order valence-corrected chi connectivity index (χ3v) is 7.26. The van der Waals surface area contributed by atoms with Gasteiger partial charge in [0.25, 0.3) is 0 Å². The summed E-state index contributed by atoms with van der Waals surface area (Å²) in [6.45, 7) is 0.640. The monoisotopic (exact) mass is 569 g/mol. The van der Waals surface area contributed by atoms with Gasteiger partial charge < -0.3 is 5.32 Å². The van der Waals surface area contributed by atoms with E-state index in [1.165, 1.54) is 0 Å². The van der Waals surface area contributed by atoms with Gasteiger partial charge in [-0.05, 0) is 47.0 Å². The Balaban J connectivity index is 1.39. The van der Waals surface area contributed by atoms with Crippen LogP contribution in [0.15, 0.2) is 64.1 Å². The molecule has 0 radical (unpaired) electrons. The SMILES string of the molecule is O=S(=O)(NCCCCNc1cc(-c2ccccc2Cl)nc2c(Br)cnn12)c1cc(F)cc(F)c1. The summed E-state index contributed by atoms with van der Waals surface area (Å²) < 4.78 is 55.9. The smallest absolute Gasteiger partial charge is 0.240 e. The summed E-state index contributed by atoms with van der Waals surface area (Å²) in [6.07, 6.45) is 2.76. The molecule has 178 valence electrons. The first-order chi connectivity index (χ1) is 16.2. The van der Waals surface area contributed by atoms with Crippen LogP contribution in [0, 0.1) is 11.6 Å². The zero-order chi connectivity index (χ0) is 24.3. The van der Waals surface area contributed by atoms with Crippen molar-refractivity contribution in [2.24, 2.45) is 0 Å². The number of nitrogens with one attached hydrogen (secondary N) is 2. The van der Waals surface area contributed by atoms with Gasteiger partial charge in [0.1, 0.15) is 17.5 Å². The van der Waals surface area contributed by atoms with Crippen LogP contribution in [-0.2, 0) is 10.0 Å². The van der Waals surface area contributed by atoms with Crippen LogP contribution in [0.3, 0.4) is 0 Å². The average molecular weight is 571 g/mol. The zero-order valence-corrected chi connectivity index (χ0v) is 20.8. The molecule has 2 N–H and O–H groups in total. The summed E-state index contributed by atoms with van der Waals surface area (Å²) in [6, 6.07) is 11.4. The van der Waals surface area contributed by atoms with Crippen LogP contribution in [0.4, 0.5) is 14.6 Å². The van der Waals surface area contributed by atoms with Crippen molar-refractivity contribution in [3.63, 3.8) is 0 Å². The summed E-state index contributed by atoms with van der Waals surface area (Å²) >= 11 is 9.80. The molecule has 7 nitrogen and oxygen atoms in total. The van der Waals surface area contributed by atoms with Gasteiger partial charge in [-0.2, -0.15) is 9.61 Å². The van der Waals surface area contributed by atoms with Gasteiger partial charge in [-0.3, -0.25) is 0 Å². The minimum atomic E-state index is -4.00. The lowest BCUT2D eigenvalue weighted by Gasteiger charge is -2.12. The van der Waals surface area contributed by atoms with E-state index in [2.05, 4.69) is 36.1 Å². The summed E-state index contributed by atoms with van der Waals surface area (Å²) in [5.74, 6) is -1.20. The summed E-state index contributed by atoms with van der Waals surface area (Å²) in [5.41, 5.74) is 2.08. The maximum atomic E-state index is 13.3. The molecule has 0 bridgehead atoms. The van der Waals surface area contributed by atoms with Crippen LogP contribution in [-0.4, -0.2) is 36.1 Å². The number of fused-ring (bicyclic) bond motifs is 1. The molecule has 2 heterocycles. The maximum Gasteiger partial charge on any atom is 0.240 e. The Hall–Kier alpha value is -2.60. The molecular weight excluding hydrogens is 552 g/mol. The molecule has 2 aromatic heterocycles. The third kappa shape index (κ3) is 5.54. The Morgan fingerprint density at radius 1 is 1.03 bits per heavy atom. The second-order valence-corrected chi connectivity index (χ2v) is 10.4. The van der Waals surface area contributed by atoms with Gasteiger partial charge >= 0.3 is 0 Å². The van der Waals surface area contributed by atoms with Crippen molar-refractivity contribution >= 4 is 49.0 Å². The molecule has 0 aliphatic heterocycles. The predicted molar refractivity (Wildman–Crippen MR) is 130 cm³/mol. The normalized spacial score (nSPS) is 11.8. The quantitative estimate of drug-likeness (QED) is 0.268. The van der Waals surface area contributed by atoms with E-state index < -0.39 is 26.6 Å². The van der Waals surface area contributed by atoms with Crippen LogP contribution < -0.4 is 10.0 Å². The minimum absolute atomic E-state index is 0.117. The fourth-order valence-corrected chi connectivity index (χ4v) is 5.00. The molecule has 0 amide bonds. The Morgan fingerprint density at radius 3 is 2.47 bits per heavy atom. The Labute approximate surface area is 208 Å². The number of nitrogens with zero attached hydrogens (tertiary/aromatic N) is 3. The number of aromatic nitrogens is 3. The van der Waals surface area contributed by atoms with Gasteiger partial charge in [0, 0.05) is 35.8 Å². The first kappa shape index (κ1) is 24.5. The second-order valence-electron chi connectivity index (χ2n) is 7.37. The highest BCUT2D eigenvalue weighted by molar-refractivity contribution is 9.10. The molecule has 4 aromatic rings. The van der Waals surface area contributed by atoms with Crippen molar-refractivity contribution in [2.45, 2.75) is 17.7 Å². The Morgan fingerprint density at radius 2 is 1.74 bits per heavy atom. The largest absolute Gasteiger partial charge is 0.370 e. The fourth-order valence-electron chi connectivity index (χ4n) is 3.31. The number of benzene rings is 2. The minimum Gasteiger partial charge on any atom is -0.370 e. The van der Waals surface area contributed by atoms with Gasteiger partial charge in [-0.25, -0.2) is 26.9 Å². The van der Waals surface area contributed by atoms with E-state index in [4.69, 9.17) is 11.6 Å². The van der Waals surface area contributed by atoms with Crippen LogP contribution >= 0.6 is 27.5 Å². The Kier molecular flexibility index (Phi) is 7.46. The number of sulfonamides is 1. The zero-order valence-electron chi connectivity index (χ0n) is 17.6. The molecule has 0 saturated carbocycles. The predicted octanol–water partition coefficient (Wildman–Crippen LogP) is 5.26. The summed E-state index contributed by atoms with van der Waals surface area (Å²) in [5, 5.41) is 8.20. The van der Waals surface area contributed by atoms with Crippen molar-refractivity contribution in [1.82, 2.24) is 19.3 Å². The standard InChI is InChI=1S/C22H19BrClF2N5O2S/c23-18-13-28-31-21(12-20(30-22(18)31)17-5-1-2-6-19(17)24)27-7-3-4-8-29-34(32,33)16-10-14(25)9-15(26)11-16/h1-2,5-6,9-13,27,29H,3-4,7-8H2. The molecule has 0 unspecified atom stereocenters. The molecule has 4 rings (SSSR count). The topological polar surface area (TPSA) is 88.4 Å². The number of unbranched alkanes of at least 4 members (excludes halogenated alkanes) is 1. The van der Waals surface area contributed by atoms with Crippen LogP contribution in [0.1, 0.15) is 12.8 Å². The number of hydrogen-bond donors (Lipinski definition) is 2. The van der Waals surface area contributed by atoms with E-state index in [0.29, 0.717) is 47.6 Å². The third-order valence-electron chi connectivity index (χ3n) is 4.93. The molecule has 2 aromatic carbocycles. The molecule has 12 heteroatoms. The van der Waals surface area contributed by atoms with Crippen LogP contribution in [0.5, 0.6) is 0 Å². The van der Waals surface area contributed by atoms with Crippen molar-refractivity contribution in [3.8, 4) is 11.3 Å². The second kappa shape index (κ2) is 10.3. The summed E-state index contributed by atoms with van der Waals surface area (Å²) in [4.78, 5) is 4.21. The Bertz CT molecular complexity index is 1430. The number of rotatable bonds is 9. The number of anilines is 1. The van der Waals surface area contributed by atoms with Crippen LogP contribution in [0.2, 0.25) is 5.02 Å². The van der Waals surface area contributed by atoms with E-state index in [-0.39, 0.29) is 6.54 Å². The van der Waals surface area contributed by atoms with Crippen LogP contribution in [0.25, 0.3) is 16.9 Å². The van der Waals surface area contributed by atoms with E-state index in [0.717, 1.165) is 22.2 Å². The van der Waals surface area contributed by atoms with Gasteiger partial charge in [0.05, 0.1) is 21.3 Å². The molecular formula is C22H19BrClF2N5O2S. The van der Waals surface area contributed by atoms with Crippen molar-refractivity contribution in [3.05, 3.63) is 75.9 Å². The lowest BCUT2D eigenvalue weighted by Crippen LogP contribution is -2.25. The lowest BCUT2D eigenvalue weighted by molar-refractivity contribution is 0.559. The molecule has 0 aliphatic carbocycles. The number of halogens is 4. The fraction of sp³-hybridized carbons (Fsp3) is 0.182. The summed E-state index contributed by atoms with van der Waals surface area (Å²) in [7, 11) is -4.00. The highest BCUT2D eigenvalue weighted by Gasteiger charge is 2.16. The molecule has 0 spiro atoms. The van der Waals surface area contributed by atoms with E-state index in [1.54, 1.807) is 16.8 Å². The molecule has 0 fully saturated rings. The van der Waals surface area contributed by atoms with Gasteiger partial charge in [0.15, 0.2) is 5.65 Å². The first-order valence-electron chi connectivity index (χ1n) is 10.2. The maximum absolute atomic E-state index is 13.3. The van der Waals surface area contributed by atoms with Gasteiger partial charge in [0.2, 0.25) is 10.0 Å². The van der Waals surface area contributed by atoms with Crippen molar-refractivity contribution in [1.29, 1.82) is 0 Å². The van der Waals surface area contributed by atoms with E-state index in [1.807, 2.05) is 24.3 Å². The van der Waals surface area contributed by atoms with Gasteiger partial charge in [-0.15, -0.1) is 0 Å². The van der Waals surface area contributed by atoms with Crippen molar-refractivity contribution in [2.75, 3.05) is 18.4 Å². The average Bonchev–Trinajstić information content (AvgIpc) is 3.16. The highest BCUT2D eigenvalue weighted by Crippen LogP contribution is 2.30. The van der Waals surface area contributed by atoms with E-state index >= 15 is 0 Å². The first-order valence-corrected chi connectivity index (χ1v) is 12.9. The molecule has 0 aliphatic rings. The molecule has 0 saturated heterocycles. The highest BCUT2D eigenvalue weighted by atomic mass is 79.9. The van der Waals surface area contributed by atoms with E-state index in [9.17, 15) is 17.2 Å². The number of hydrogen-bond acceptors (Lipinski definition) is 5. The lowest BCUT2D eigenvalue weighted by atomic mass is 10.1. The molecule has 0 atom stereocenters. The molecule has 34 heavy (non-hydrogen) atoms. The van der Waals surface area contributed by atoms with Crippen molar-refractivity contribution < 1.29 is 17.2 Å².